The van der Waals surface area contributed by atoms with E-state index in [1.165, 1.54) is 0 Å². The highest BCUT2D eigenvalue weighted by Gasteiger charge is 2.19. The van der Waals surface area contributed by atoms with Gasteiger partial charge in [-0.2, -0.15) is 0 Å². The number of nitrogens with one attached hydrogen (secondary N) is 3. The number of hydrogen-bond acceptors (Lipinski definition) is 6. The van der Waals surface area contributed by atoms with Crippen LogP contribution in [0.2, 0.25) is 0 Å². The van der Waals surface area contributed by atoms with Crippen LogP contribution in [0.15, 0.2) is 48.8 Å². The van der Waals surface area contributed by atoms with E-state index in [1.807, 2.05) is 73.1 Å². The number of carbonyl (C=O) groups excluding carboxylic acids is 1. The summed E-state index contributed by atoms with van der Waals surface area (Å²) in [5.74, 6) is 1.94. The molecule has 1 atom stereocenters. The number of aromatic nitrogens is 2. The normalized spacial score (nSPS) is 11.5. The minimum atomic E-state index is -0.253. The first-order valence-electron chi connectivity index (χ1n) is 10.9. The van der Waals surface area contributed by atoms with Gasteiger partial charge in [0.25, 0.3) is 0 Å². The molecule has 9 heteroatoms. The first kappa shape index (κ1) is 24.6. The standard InChI is InChI=1S/C25H32N6O3/c1-16(29-24(32)27-2)13-18-14-21(33-5)22(34-6)15-20(18)23(26)17-7-9-19(10-8-17)31(4)25-28-11-12-30(25)3/h7-12,14-16,26H,13H2,1-6H3,(H2,27,29,32). The fraction of sp³-hybridized carbons (Fsp3) is 0.320. The summed E-state index contributed by atoms with van der Waals surface area (Å²) in [6, 6.07) is 11.1. The Kier molecular flexibility index (Phi) is 7.78. The Morgan fingerprint density at radius 3 is 2.38 bits per heavy atom. The molecule has 2 aromatic carbocycles. The van der Waals surface area contributed by atoms with Gasteiger partial charge >= 0.3 is 6.03 Å². The largest absolute Gasteiger partial charge is 0.493 e. The van der Waals surface area contributed by atoms with Crippen molar-refractivity contribution in [1.29, 1.82) is 5.41 Å². The zero-order valence-corrected chi connectivity index (χ0v) is 20.5. The van der Waals surface area contributed by atoms with Crippen molar-refractivity contribution in [3.05, 3.63) is 65.5 Å². The number of urea groups is 1. The maximum Gasteiger partial charge on any atom is 0.314 e. The Balaban J connectivity index is 1.93. The monoisotopic (exact) mass is 464 g/mol. The Morgan fingerprint density at radius 2 is 1.82 bits per heavy atom. The summed E-state index contributed by atoms with van der Waals surface area (Å²) in [6.45, 7) is 1.92. The van der Waals surface area contributed by atoms with Crippen molar-refractivity contribution in [2.75, 3.05) is 33.2 Å². The van der Waals surface area contributed by atoms with Gasteiger partial charge in [0.1, 0.15) is 0 Å². The summed E-state index contributed by atoms with van der Waals surface area (Å²) >= 11 is 0. The second-order valence-electron chi connectivity index (χ2n) is 8.01. The van der Waals surface area contributed by atoms with E-state index in [0.717, 1.165) is 22.8 Å². The van der Waals surface area contributed by atoms with E-state index in [2.05, 4.69) is 15.6 Å². The Hall–Kier alpha value is -4.01. The van der Waals surface area contributed by atoms with Gasteiger partial charge in [-0.25, -0.2) is 9.78 Å². The van der Waals surface area contributed by atoms with Crippen LogP contribution in [0.5, 0.6) is 11.5 Å². The van der Waals surface area contributed by atoms with Gasteiger partial charge in [0.15, 0.2) is 11.5 Å². The van der Waals surface area contributed by atoms with Gasteiger partial charge in [-0.3, -0.25) is 5.41 Å². The molecular weight excluding hydrogens is 432 g/mol. The number of ether oxygens (including phenoxy) is 2. The molecule has 0 saturated carbocycles. The molecule has 0 bridgehead atoms. The molecule has 1 aromatic heterocycles. The topological polar surface area (TPSA) is 104 Å². The second kappa shape index (κ2) is 10.7. The third-order valence-electron chi connectivity index (χ3n) is 5.65. The highest BCUT2D eigenvalue weighted by Crippen LogP contribution is 2.33. The number of rotatable bonds is 9. The van der Waals surface area contributed by atoms with Crippen LogP contribution < -0.4 is 25.0 Å². The Bertz CT molecular complexity index is 1160. The van der Waals surface area contributed by atoms with Gasteiger partial charge < -0.3 is 29.6 Å². The lowest BCUT2D eigenvalue weighted by Crippen LogP contribution is -2.40. The first-order valence-corrected chi connectivity index (χ1v) is 10.9. The number of benzene rings is 2. The summed E-state index contributed by atoms with van der Waals surface area (Å²) in [4.78, 5) is 18.1. The maximum absolute atomic E-state index is 11.8. The van der Waals surface area contributed by atoms with E-state index in [1.54, 1.807) is 27.5 Å². The lowest BCUT2D eigenvalue weighted by atomic mass is 9.93. The molecular formula is C25H32N6O3. The van der Waals surface area contributed by atoms with E-state index in [9.17, 15) is 4.79 Å². The van der Waals surface area contributed by atoms with Crippen LogP contribution in [0, 0.1) is 5.41 Å². The predicted molar refractivity (Wildman–Crippen MR) is 134 cm³/mol. The summed E-state index contributed by atoms with van der Waals surface area (Å²) in [5, 5.41) is 14.4. The van der Waals surface area contributed by atoms with Crippen molar-refractivity contribution < 1.29 is 14.3 Å². The zero-order valence-electron chi connectivity index (χ0n) is 20.5. The number of methoxy groups -OCH3 is 2. The minimum Gasteiger partial charge on any atom is -0.493 e. The van der Waals surface area contributed by atoms with Gasteiger partial charge in [0.05, 0.1) is 19.9 Å². The van der Waals surface area contributed by atoms with Crippen molar-refractivity contribution >= 4 is 23.4 Å². The molecule has 180 valence electrons. The average Bonchev–Trinajstić information content (AvgIpc) is 3.28. The third-order valence-corrected chi connectivity index (χ3v) is 5.65. The van der Waals surface area contributed by atoms with Crippen molar-refractivity contribution in [1.82, 2.24) is 20.2 Å². The second-order valence-corrected chi connectivity index (χ2v) is 8.01. The number of amides is 2. The summed E-state index contributed by atoms with van der Waals surface area (Å²) in [5.41, 5.74) is 3.67. The van der Waals surface area contributed by atoms with E-state index in [0.29, 0.717) is 29.2 Å². The number of nitrogens with zero attached hydrogens (tertiary/aromatic N) is 3. The minimum absolute atomic E-state index is 0.154. The van der Waals surface area contributed by atoms with Gasteiger partial charge in [-0.05, 0) is 43.2 Å². The highest BCUT2D eigenvalue weighted by atomic mass is 16.5. The SMILES string of the molecule is CNC(=O)NC(C)Cc1cc(OC)c(OC)cc1C(=N)c1ccc(N(C)c2nccn2C)cc1. The number of hydrogen-bond donors (Lipinski definition) is 3. The first-order chi connectivity index (χ1) is 16.3. The number of carbonyl (C=O) groups is 1. The zero-order chi connectivity index (χ0) is 24.8. The smallest absolute Gasteiger partial charge is 0.314 e. The van der Waals surface area contributed by atoms with Gasteiger partial charge in [-0.15, -0.1) is 0 Å². The van der Waals surface area contributed by atoms with E-state index in [-0.39, 0.29) is 12.1 Å². The number of aryl methyl sites for hydroxylation is 1. The van der Waals surface area contributed by atoms with Crippen LogP contribution in [0.3, 0.4) is 0 Å². The molecule has 0 saturated heterocycles. The summed E-state index contributed by atoms with van der Waals surface area (Å²) in [7, 11) is 8.63. The molecule has 0 aliphatic rings. The Labute approximate surface area is 200 Å². The fourth-order valence-electron chi connectivity index (χ4n) is 3.80. The van der Waals surface area contributed by atoms with Crippen molar-refractivity contribution in [3.8, 4) is 11.5 Å². The lowest BCUT2D eigenvalue weighted by Gasteiger charge is -2.20. The third kappa shape index (κ3) is 5.31. The van der Waals surface area contributed by atoms with Gasteiger partial charge in [-0.1, -0.05) is 12.1 Å². The lowest BCUT2D eigenvalue weighted by molar-refractivity contribution is 0.240. The molecule has 34 heavy (non-hydrogen) atoms. The summed E-state index contributed by atoms with van der Waals surface area (Å²) < 4.78 is 12.9. The predicted octanol–water partition coefficient (Wildman–Crippen LogP) is 3.48. The van der Waals surface area contributed by atoms with Crippen molar-refractivity contribution in [2.24, 2.45) is 7.05 Å². The van der Waals surface area contributed by atoms with Crippen LogP contribution in [-0.4, -0.2) is 55.7 Å². The number of imidazole rings is 1. The van der Waals surface area contributed by atoms with Crippen LogP contribution >= 0.6 is 0 Å². The highest BCUT2D eigenvalue weighted by molar-refractivity contribution is 6.12. The maximum atomic E-state index is 11.8. The van der Waals surface area contributed by atoms with Crippen LogP contribution in [0.1, 0.15) is 23.6 Å². The molecule has 3 rings (SSSR count). The van der Waals surface area contributed by atoms with E-state index >= 15 is 0 Å². The molecule has 0 radical (unpaired) electrons. The average molecular weight is 465 g/mol. The molecule has 2 amide bonds. The number of anilines is 2. The fourth-order valence-corrected chi connectivity index (χ4v) is 3.80. The molecule has 0 aliphatic heterocycles. The molecule has 1 unspecified atom stereocenters. The van der Waals surface area contributed by atoms with Crippen LogP contribution in [0.25, 0.3) is 0 Å². The van der Waals surface area contributed by atoms with Crippen molar-refractivity contribution in [2.45, 2.75) is 19.4 Å². The van der Waals surface area contributed by atoms with Gasteiger partial charge in [0, 0.05) is 56.4 Å². The van der Waals surface area contributed by atoms with Crippen LogP contribution in [0.4, 0.5) is 16.4 Å². The molecule has 0 aliphatic carbocycles. The molecule has 0 fully saturated rings. The summed E-state index contributed by atoms with van der Waals surface area (Å²) in [6.07, 6.45) is 4.18. The van der Waals surface area contributed by atoms with Gasteiger partial charge in [0.2, 0.25) is 5.95 Å². The molecule has 3 aromatic rings. The quantitative estimate of drug-likeness (QED) is 0.421. The van der Waals surface area contributed by atoms with Crippen molar-refractivity contribution in [3.63, 3.8) is 0 Å². The van der Waals surface area contributed by atoms with Crippen LogP contribution in [-0.2, 0) is 13.5 Å². The van der Waals surface area contributed by atoms with E-state index in [4.69, 9.17) is 14.9 Å². The molecule has 0 spiro atoms. The molecule has 9 nitrogen and oxygen atoms in total. The molecule has 3 N–H and O–H groups in total. The Morgan fingerprint density at radius 1 is 1.18 bits per heavy atom. The molecule has 1 heterocycles. The van der Waals surface area contributed by atoms with E-state index < -0.39 is 0 Å².